The number of nitrogens with two attached hydrogens (primary N) is 1. The van der Waals surface area contributed by atoms with Gasteiger partial charge in [0, 0.05) is 24.8 Å². The first kappa shape index (κ1) is 27.2. The first-order chi connectivity index (χ1) is 17.4. The van der Waals surface area contributed by atoms with Crippen molar-refractivity contribution in [2.45, 2.75) is 71.4 Å². The molecule has 4 saturated carbocycles. The number of nitrogens with zero attached hydrogens (tertiary/aromatic N) is 2. The molecule has 1 heterocycles. The zero-order valence-corrected chi connectivity index (χ0v) is 22.5. The van der Waals surface area contributed by atoms with E-state index in [4.69, 9.17) is 19.9 Å². The second kappa shape index (κ2) is 10.5. The second-order valence-corrected chi connectivity index (χ2v) is 12.0. The summed E-state index contributed by atoms with van der Waals surface area (Å²) >= 11 is 0. The lowest BCUT2D eigenvalue weighted by Crippen LogP contribution is -2.63. The fourth-order valence-corrected chi connectivity index (χ4v) is 6.42. The minimum Gasteiger partial charge on any atom is -0.477 e. The number of carbonyl (C=O) groups is 3. The molecule has 0 saturated heterocycles. The van der Waals surface area contributed by atoms with Gasteiger partial charge in [0.2, 0.25) is 5.88 Å². The number of nitrogens with one attached hydrogen (secondary N) is 1. The molecule has 2 unspecified atom stereocenters. The van der Waals surface area contributed by atoms with Crippen molar-refractivity contribution in [3.63, 3.8) is 0 Å². The second-order valence-electron chi connectivity index (χ2n) is 12.0. The molecule has 4 aliphatic carbocycles. The number of carbonyl (C=O) groups excluding carboxylic acids is 3. The number of amides is 2. The maximum atomic E-state index is 13.5. The van der Waals surface area contributed by atoms with E-state index >= 15 is 0 Å². The average Bonchev–Trinajstić information content (AvgIpc) is 3.20. The van der Waals surface area contributed by atoms with Crippen LogP contribution in [0.3, 0.4) is 0 Å². The molecule has 0 spiro atoms. The first-order valence-electron chi connectivity index (χ1n) is 13.1. The van der Waals surface area contributed by atoms with Gasteiger partial charge >= 0.3 is 6.09 Å². The van der Waals surface area contributed by atoms with Gasteiger partial charge in [-0.3, -0.25) is 9.59 Å². The van der Waals surface area contributed by atoms with Crippen molar-refractivity contribution in [2.24, 2.45) is 34.8 Å². The van der Waals surface area contributed by atoms with E-state index in [9.17, 15) is 14.4 Å². The summed E-state index contributed by atoms with van der Waals surface area (Å²) < 4.78 is 18.1. The molecule has 4 fully saturated rings. The van der Waals surface area contributed by atoms with Crippen LogP contribution in [0.2, 0.25) is 0 Å². The summed E-state index contributed by atoms with van der Waals surface area (Å²) in [5, 5.41) is 7.64. The number of rotatable bonds is 11. The predicted molar refractivity (Wildman–Crippen MR) is 137 cm³/mol. The van der Waals surface area contributed by atoms with Gasteiger partial charge < -0.3 is 25.3 Å². The van der Waals surface area contributed by atoms with Gasteiger partial charge in [-0.15, -0.1) is 0 Å². The van der Waals surface area contributed by atoms with E-state index in [2.05, 4.69) is 10.4 Å². The molecule has 5 rings (SSSR count). The summed E-state index contributed by atoms with van der Waals surface area (Å²) in [7, 11) is 1.49. The number of primary amides is 1. The maximum Gasteiger partial charge on any atom is 0.405 e. The molecule has 0 radical (unpaired) electrons. The van der Waals surface area contributed by atoms with Crippen LogP contribution in [0.4, 0.5) is 4.79 Å². The molecule has 2 atom stereocenters. The summed E-state index contributed by atoms with van der Waals surface area (Å²) in [5.74, 6) is 1.24. The summed E-state index contributed by atoms with van der Waals surface area (Å²) in [6, 6.07) is -0.00362. The summed E-state index contributed by atoms with van der Waals surface area (Å²) in [6.45, 7) is 8.09. The van der Waals surface area contributed by atoms with Gasteiger partial charge in [0.05, 0.1) is 12.8 Å². The topological polar surface area (TPSA) is 135 Å². The molecule has 1 aromatic heterocycles. The molecule has 0 aromatic carbocycles. The van der Waals surface area contributed by atoms with Crippen molar-refractivity contribution in [3.8, 4) is 5.88 Å². The fourth-order valence-electron chi connectivity index (χ4n) is 6.42. The quantitative estimate of drug-likeness (QED) is 0.460. The van der Waals surface area contributed by atoms with Crippen LogP contribution >= 0.6 is 0 Å². The zero-order chi connectivity index (χ0) is 27.0. The first-order valence-corrected chi connectivity index (χ1v) is 13.1. The maximum absolute atomic E-state index is 13.5. The van der Waals surface area contributed by atoms with E-state index < -0.39 is 17.1 Å². The Bertz CT molecular complexity index is 1050. The number of ether oxygens (including phenoxy) is 3. The number of ketones is 1. The van der Waals surface area contributed by atoms with Crippen molar-refractivity contribution in [1.29, 1.82) is 0 Å². The van der Waals surface area contributed by atoms with Crippen LogP contribution in [0.15, 0.2) is 12.3 Å². The standard InChI is InChI=1S/C27H40N4O6/c1-16(2)14-36-24-20(13-29-31(24)7-6-26(3,4)21(32)15-35-5)23(33)30-22-18-8-17-9-19(22)12-27(10-17,11-18)37-25(28)34/h6-7,13,16-19,22H,8-12,14-15H2,1-5H3,(H2,28,34)(H,30,33)/b7-6+. The number of allylic oxidation sites excluding steroid dienone is 1. The highest BCUT2D eigenvalue weighted by atomic mass is 16.6. The highest BCUT2D eigenvalue weighted by Crippen LogP contribution is 2.57. The molecule has 1 aromatic rings. The molecular weight excluding hydrogens is 476 g/mol. The van der Waals surface area contributed by atoms with Gasteiger partial charge in [0.1, 0.15) is 17.8 Å². The number of Topliss-reactive ketones (excluding diaryl/α,β-unsaturated/α-hetero) is 1. The molecule has 2 amide bonds. The molecule has 4 aliphatic rings. The molecular formula is C27H40N4O6. The Morgan fingerprint density at radius 3 is 2.51 bits per heavy atom. The zero-order valence-electron chi connectivity index (χ0n) is 22.5. The fraction of sp³-hybridized carbons (Fsp3) is 0.704. The van der Waals surface area contributed by atoms with Crippen LogP contribution in [0.5, 0.6) is 5.88 Å². The highest BCUT2D eigenvalue weighted by Gasteiger charge is 2.57. The largest absolute Gasteiger partial charge is 0.477 e. The lowest BCUT2D eigenvalue weighted by Gasteiger charge is -2.58. The third-order valence-corrected chi connectivity index (χ3v) is 8.01. The highest BCUT2D eigenvalue weighted by molar-refractivity contribution is 5.96. The minimum absolute atomic E-state index is 0.00362. The van der Waals surface area contributed by atoms with E-state index in [1.165, 1.54) is 18.0 Å². The van der Waals surface area contributed by atoms with Gasteiger partial charge in [0.25, 0.3) is 5.91 Å². The van der Waals surface area contributed by atoms with Crippen molar-refractivity contribution < 1.29 is 28.6 Å². The van der Waals surface area contributed by atoms with Crippen LogP contribution in [-0.2, 0) is 14.3 Å². The Morgan fingerprint density at radius 2 is 1.92 bits per heavy atom. The molecule has 37 heavy (non-hydrogen) atoms. The smallest absolute Gasteiger partial charge is 0.405 e. The molecule has 3 N–H and O–H groups in total. The van der Waals surface area contributed by atoms with E-state index in [1.807, 2.05) is 13.8 Å². The van der Waals surface area contributed by atoms with Crippen LogP contribution in [-0.4, -0.2) is 59.5 Å². The van der Waals surface area contributed by atoms with Gasteiger partial charge in [-0.1, -0.05) is 19.9 Å². The number of aromatic nitrogens is 2. The van der Waals surface area contributed by atoms with Crippen LogP contribution in [0, 0.1) is 29.1 Å². The third-order valence-electron chi connectivity index (χ3n) is 8.01. The average molecular weight is 517 g/mol. The number of hydrogen-bond donors (Lipinski definition) is 2. The lowest BCUT2D eigenvalue weighted by atomic mass is 9.52. The Labute approximate surface area is 218 Å². The summed E-state index contributed by atoms with van der Waals surface area (Å²) in [6.07, 6.45) is 8.50. The van der Waals surface area contributed by atoms with Gasteiger partial charge in [-0.05, 0) is 69.6 Å². The minimum atomic E-state index is -0.775. The normalized spacial score (nSPS) is 28.6. The summed E-state index contributed by atoms with van der Waals surface area (Å²) in [5.41, 5.74) is 4.46. The SMILES string of the molecule is COCC(=O)C(C)(C)/C=C/n1ncc(C(=O)NC2C3CC4CC2CC(OC(N)=O)(C4)C3)c1OCC(C)C. The van der Waals surface area contributed by atoms with E-state index in [0.29, 0.717) is 24.0 Å². The Morgan fingerprint density at radius 1 is 1.24 bits per heavy atom. The summed E-state index contributed by atoms with van der Waals surface area (Å²) in [4.78, 5) is 37.5. The number of hydrogen-bond acceptors (Lipinski definition) is 7. The third kappa shape index (κ3) is 5.84. The monoisotopic (exact) mass is 516 g/mol. The van der Waals surface area contributed by atoms with Crippen molar-refractivity contribution >= 4 is 24.0 Å². The molecule has 10 nitrogen and oxygen atoms in total. The van der Waals surface area contributed by atoms with Gasteiger partial charge in [-0.25, -0.2) is 9.48 Å². The van der Waals surface area contributed by atoms with Crippen molar-refractivity contribution in [1.82, 2.24) is 15.1 Å². The Hall–Kier alpha value is -2.88. The van der Waals surface area contributed by atoms with E-state index in [0.717, 1.165) is 32.1 Å². The lowest BCUT2D eigenvalue weighted by molar-refractivity contribution is -0.137. The molecule has 204 valence electrons. The van der Waals surface area contributed by atoms with E-state index in [-0.39, 0.29) is 42.1 Å². The Balaban J connectivity index is 1.52. The van der Waals surface area contributed by atoms with Crippen LogP contribution in [0.25, 0.3) is 6.20 Å². The Kier molecular flexibility index (Phi) is 7.69. The van der Waals surface area contributed by atoms with Gasteiger partial charge in [0.15, 0.2) is 5.78 Å². The van der Waals surface area contributed by atoms with Crippen molar-refractivity contribution in [3.05, 3.63) is 17.8 Å². The van der Waals surface area contributed by atoms with Crippen molar-refractivity contribution in [2.75, 3.05) is 20.3 Å². The molecule has 0 aliphatic heterocycles. The van der Waals surface area contributed by atoms with E-state index in [1.54, 1.807) is 26.1 Å². The molecule has 4 bridgehead atoms. The predicted octanol–water partition coefficient (Wildman–Crippen LogP) is 3.40. The molecule has 10 heteroatoms. The van der Waals surface area contributed by atoms with Crippen LogP contribution in [0.1, 0.15) is 70.2 Å². The van der Waals surface area contributed by atoms with Gasteiger partial charge in [-0.2, -0.15) is 5.10 Å². The van der Waals surface area contributed by atoms with Crippen LogP contribution < -0.4 is 15.8 Å². The number of methoxy groups -OCH3 is 1.